The average molecular weight is 449 g/mol. The van der Waals surface area contributed by atoms with E-state index >= 15 is 0 Å². The van der Waals surface area contributed by atoms with Crippen LogP contribution in [0.3, 0.4) is 0 Å². The van der Waals surface area contributed by atoms with E-state index in [0.717, 1.165) is 47.2 Å². The third kappa shape index (κ3) is 6.80. The second-order valence-electron chi connectivity index (χ2n) is 10.6. The molecule has 0 atom stereocenters. The Morgan fingerprint density at radius 1 is 0.758 bits per heavy atom. The normalized spacial score (nSPS) is 25.6. The van der Waals surface area contributed by atoms with Gasteiger partial charge in [0.1, 0.15) is 0 Å². The van der Waals surface area contributed by atoms with Gasteiger partial charge in [0, 0.05) is 5.56 Å². The lowest BCUT2D eigenvalue weighted by atomic mass is 9.68. The minimum atomic E-state index is 0.708. The Morgan fingerprint density at radius 3 is 2.00 bits per heavy atom. The zero-order valence-electron chi connectivity index (χ0n) is 21.0. The van der Waals surface area contributed by atoms with Crippen LogP contribution < -0.4 is 4.74 Å². The maximum Gasteiger partial charge on any atom is 0.159 e. The molecule has 2 aliphatic carbocycles. The quantitative estimate of drug-likeness (QED) is 0.341. The Bertz CT molecular complexity index is 800. The molecule has 180 valence electrons. The summed E-state index contributed by atoms with van der Waals surface area (Å²) in [6.07, 6.45) is 21.9. The van der Waals surface area contributed by atoms with Gasteiger partial charge in [-0.2, -0.15) is 0 Å². The van der Waals surface area contributed by atoms with E-state index in [4.69, 9.17) is 4.74 Å². The molecule has 3 heteroatoms. The highest BCUT2D eigenvalue weighted by molar-refractivity contribution is 5.55. The molecule has 0 bridgehead atoms. The van der Waals surface area contributed by atoms with Crippen molar-refractivity contribution in [2.24, 2.45) is 17.8 Å². The number of ether oxygens (including phenoxy) is 1. The largest absolute Gasteiger partial charge is 0.490 e. The van der Waals surface area contributed by atoms with Gasteiger partial charge in [-0.3, -0.25) is 0 Å². The third-order valence-electron chi connectivity index (χ3n) is 8.29. The summed E-state index contributed by atoms with van der Waals surface area (Å²) < 4.78 is 5.60. The number of hydrogen-bond donors (Lipinski definition) is 0. The lowest BCUT2D eigenvalue weighted by Gasteiger charge is -2.38. The van der Waals surface area contributed by atoms with Crippen molar-refractivity contribution in [1.82, 2.24) is 9.97 Å². The third-order valence-corrected chi connectivity index (χ3v) is 8.29. The molecule has 0 saturated heterocycles. The van der Waals surface area contributed by atoms with Gasteiger partial charge < -0.3 is 4.74 Å². The van der Waals surface area contributed by atoms with E-state index in [1.54, 1.807) is 12.4 Å². The second-order valence-corrected chi connectivity index (χ2v) is 10.6. The lowest BCUT2D eigenvalue weighted by molar-refractivity contribution is 0.155. The minimum absolute atomic E-state index is 0.708. The van der Waals surface area contributed by atoms with Crippen LogP contribution in [0.15, 0.2) is 36.7 Å². The highest BCUT2D eigenvalue weighted by Crippen LogP contribution is 2.44. The summed E-state index contributed by atoms with van der Waals surface area (Å²) in [5, 5.41) is 0. The van der Waals surface area contributed by atoms with Crippen molar-refractivity contribution in [3.63, 3.8) is 0 Å². The number of hydrogen-bond acceptors (Lipinski definition) is 3. The first-order valence-corrected chi connectivity index (χ1v) is 13.8. The number of aromatic nitrogens is 2. The van der Waals surface area contributed by atoms with Gasteiger partial charge in [0.25, 0.3) is 0 Å². The maximum atomic E-state index is 5.60. The van der Waals surface area contributed by atoms with Crippen LogP contribution in [0, 0.1) is 17.8 Å². The first kappa shape index (κ1) is 24.2. The Morgan fingerprint density at radius 2 is 1.39 bits per heavy atom. The Hall–Kier alpha value is -1.90. The van der Waals surface area contributed by atoms with Crippen molar-refractivity contribution in [1.29, 1.82) is 0 Å². The first-order valence-electron chi connectivity index (χ1n) is 13.8. The van der Waals surface area contributed by atoms with Crippen LogP contribution in [0.2, 0.25) is 0 Å². The molecule has 3 nitrogen and oxygen atoms in total. The molecule has 2 aliphatic rings. The summed E-state index contributed by atoms with van der Waals surface area (Å²) in [6.45, 7) is 5.13. The highest BCUT2D eigenvalue weighted by atomic mass is 16.5. The Kier molecular flexibility index (Phi) is 9.20. The Labute approximate surface area is 201 Å². The molecular formula is C30H44N2O. The molecule has 0 unspecified atom stereocenters. The molecule has 2 saturated carbocycles. The maximum absolute atomic E-state index is 5.60. The predicted octanol–water partition coefficient (Wildman–Crippen LogP) is 8.59. The Balaban J connectivity index is 1.23. The number of rotatable bonds is 10. The molecule has 1 aromatic carbocycles. The van der Waals surface area contributed by atoms with Crippen LogP contribution in [-0.2, 0) is 0 Å². The molecule has 2 aromatic rings. The lowest BCUT2D eigenvalue weighted by Crippen LogP contribution is -2.25. The summed E-state index contributed by atoms with van der Waals surface area (Å²) in [4.78, 5) is 8.99. The van der Waals surface area contributed by atoms with E-state index < -0.39 is 0 Å². The van der Waals surface area contributed by atoms with Crippen LogP contribution in [0.4, 0.5) is 0 Å². The van der Waals surface area contributed by atoms with Crippen molar-refractivity contribution in [2.75, 3.05) is 6.61 Å². The van der Waals surface area contributed by atoms with Crippen LogP contribution in [0.5, 0.6) is 5.75 Å². The summed E-state index contributed by atoms with van der Waals surface area (Å²) in [6, 6.07) is 9.02. The van der Waals surface area contributed by atoms with Crippen molar-refractivity contribution >= 4 is 0 Å². The van der Waals surface area contributed by atoms with E-state index in [9.17, 15) is 0 Å². The molecular weight excluding hydrogens is 404 g/mol. The highest BCUT2D eigenvalue weighted by Gasteiger charge is 2.31. The van der Waals surface area contributed by atoms with Gasteiger partial charge in [0.15, 0.2) is 11.6 Å². The standard InChI is InChI=1S/C30H44N2O/c1-3-5-6-7-23-8-10-24(11-9-23)25-12-14-26(15-13-25)27-16-18-28(19-17-27)30-31-21-29(22-32-30)33-20-4-2/h16-19,21-26H,3-15,20H2,1-2H3. The van der Waals surface area contributed by atoms with Gasteiger partial charge >= 0.3 is 0 Å². The number of benzene rings is 1. The molecule has 0 amide bonds. The SMILES string of the molecule is CCCCCC1CCC(C2CCC(c3ccc(-c4ncc(OCCC)cn4)cc3)CC2)CC1. The average Bonchev–Trinajstić information content (AvgIpc) is 2.89. The molecule has 1 aromatic heterocycles. The van der Waals surface area contributed by atoms with E-state index in [2.05, 4.69) is 48.1 Å². The first-order chi connectivity index (χ1) is 16.3. The van der Waals surface area contributed by atoms with Crippen molar-refractivity contribution in [2.45, 2.75) is 103 Å². The summed E-state index contributed by atoms with van der Waals surface area (Å²) >= 11 is 0. The zero-order valence-corrected chi connectivity index (χ0v) is 21.0. The molecule has 4 rings (SSSR count). The smallest absolute Gasteiger partial charge is 0.159 e. The van der Waals surface area contributed by atoms with Crippen LogP contribution in [0.1, 0.15) is 109 Å². The predicted molar refractivity (Wildman–Crippen MR) is 138 cm³/mol. The fourth-order valence-electron chi connectivity index (χ4n) is 6.22. The van der Waals surface area contributed by atoms with Gasteiger partial charge in [-0.1, -0.05) is 76.6 Å². The van der Waals surface area contributed by atoms with Gasteiger partial charge in [-0.15, -0.1) is 0 Å². The topological polar surface area (TPSA) is 35.0 Å². The van der Waals surface area contributed by atoms with E-state index in [1.807, 2.05) is 0 Å². The molecule has 0 aliphatic heterocycles. The van der Waals surface area contributed by atoms with Crippen molar-refractivity contribution in [3.8, 4) is 17.1 Å². The monoisotopic (exact) mass is 448 g/mol. The van der Waals surface area contributed by atoms with Gasteiger partial charge in [-0.25, -0.2) is 9.97 Å². The number of unbranched alkanes of at least 4 members (excludes halogenated alkanes) is 2. The van der Waals surface area contributed by atoms with Crippen LogP contribution >= 0.6 is 0 Å². The van der Waals surface area contributed by atoms with Crippen LogP contribution in [0.25, 0.3) is 11.4 Å². The molecule has 1 heterocycles. The summed E-state index contributed by atoms with van der Waals surface area (Å²) in [5.41, 5.74) is 2.59. The van der Waals surface area contributed by atoms with Crippen molar-refractivity contribution < 1.29 is 4.74 Å². The fraction of sp³-hybridized carbons (Fsp3) is 0.667. The molecule has 0 N–H and O–H groups in total. The van der Waals surface area contributed by atoms with Gasteiger partial charge in [0.2, 0.25) is 0 Å². The van der Waals surface area contributed by atoms with E-state index in [0.29, 0.717) is 6.61 Å². The summed E-state index contributed by atoms with van der Waals surface area (Å²) in [7, 11) is 0. The van der Waals surface area contributed by atoms with Crippen LogP contribution in [-0.4, -0.2) is 16.6 Å². The zero-order chi connectivity index (χ0) is 22.9. The van der Waals surface area contributed by atoms with Gasteiger partial charge in [0.05, 0.1) is 19.0 Å². The van der Waals surface area contributed by atoms with Gasteiger partial charge in [-0.05, 0) is 74.2 Å². The molecule has 2 fully saturated rings. The summed E-state index contributed by atoms with van der Waals surface area (Å²) in [5.74, 6) is 5.28. The molecule has 0 spiro atoms. The minimum Gasteiger partial charge on any atom is -0.490 e. The van der Waals surface area contributed by atoms with Crippen molar-refractivity contribution in [3.05, 3.63) is 42.2 Å². The number of nitrogens with zero attached hydrogens (tertiary/aromatic N) is 2. The van der Waals surface area contributed by atoms with E-state index in [-0.39, 0.29) is 0 Å². The molecule has 33 heavy (non-hydrogen) atoms. The fourth-order valence-corrected chi connectivity index (χ4v) is 6.22. The second kappa shape index (κ2) is 12.5. The molecule has 0 radical (unpaired) electrons. The van der Waals surface area contributed by atoms with E-state index in [1.165, 1.54) is 82.6 Å².